The van der Waals surface area contributed by atoms with Gasteiger partial charge in [-0.2, -0.15) is 0 Å². The molecule has 0 saturated heterocycles. The Morgan fingerprint density at radius 3 is 2.59 bits per heavy atom. The highest BCUT2D eigenvalue weighted by Gasteiger charge is 2.19. The van der Waals surface area contributed by atoms with E-state index in [-0.39, 0.29) is 29.4 Å². The van der Waals surface area contributed by atoms with Gasteiger partial charge in [-0.15, -0.1) is 11.6 Å². The molecule has 1 aromatic rings. The van der Waals surface area contributed by atoms with Crippen molar-refractivity contribution in [3.63, 3.8) is 0 Å². The second-order valence-corrected chi connectivity index (χ2v) is 4.20. The zero-order valence-corrected chi connectivity index (χ0v) is 10.2. The van der Waals surface area contributed by atoms with Gasteiger partial charge < -0.3 is 15.3 Å². The van der Waals surface area contributed by atoms with E-state index in [9.17, 15) is 20.1 Å². The summed E-state index contributed by atoms with van der Waals surface area (Å²) in [7, 11) is 0. The molecule has 0 amide bonds. The van der Waals surface area contributed by atoms with Crippen LogP contribution in [0.5, 0.6) is 5.75 Å². The fraction of sp³-hybridized carbons (Fsp3) is 0.417. The van der Waals surface area contributed by atoms with Crippen LogP contribution in [0.3, 0.4) is 0 Å². The zero-order chi connectivity index (χ0) is 13.0. The molecule has 0 saturated carbocycles. The molecule has 1 aromatic carbocycles. The molecule has 0 aliphatic carbocycles. The van der Waals surface area contributed by atoms with Gasteiger partial charge in [0.15, 0.2) is 5.78 Å². The maximum absolute atomic E-state index is 11.2. The molecular weight excluding hydrogens is 244 g/mol. The molecule has 0 heterocycles. The molecule has 0 fully saturated rings. The average Bonchev–Trinajstić information content (AvgIpc) is 2.28. The lowest BCUT2D eigenvalue weighted by Gasteiger charge is -2.17. The number of halogens is 1. The van der Waals surface area contributed by atoms with E-state index >= 15 is 0 Å². The number of hydrogen-bond donors (Lipinski definition) is 3. The molecule has 94 valence electrons. The smallest absolute Gasteiger partial charge is 0.163 e. The van der Waals surface area contributed by atoms with E-state index in [1.54, 1.807) is 0 Å². The fourth-order valence-corrected chi connectivity index (χ4v) is 1.74. The first kappa shape index (κ1) is 14.0. The summed E-state index contributed by atoms with van der Waals surface area (Å²) in [6.45, 7) is 1.32. The SMILES string of the molecule is CC(=O)c1cc(C(O)C(O)CCCl)ccc1O. The van der Waals surface area contributed by atoms with Gasteiger partial charge >= 0.3 is 0 Å². The number of alkyl halides is 1. The summed E-state index contributed by atoms with van der Waals surface area (Å²) in [6.07, 6.45) is -1.86. The van der Waals surface area contributed by atoms with E-state index in [1.807, 2.05) is 0 Å². The van der Waals surface area contributed by atoms with Crippen LogP contribution in [0.2, 0.25) is 0 Å². The minimum absolute atomic E-state index is 0.125. The van der Waals surface area contributed by atoms with Gasteiger partial charge in [-0.3, -0.25) is 4.79 Å². The van der Waals surface area contributed by atoms with Gasteiger partial charge in [-0.05, 0) is 31.0 Å². The zero-order valence-electron chi connectivity index (χ0n) is 9.43. The summed E-state index contributed by atoms with van der Waals surface area (Å²) in [5, 5.41) is 28.8. The molecule has 4 nitrogen and oxygen atoms in total. The molecule has 1 rings (SSSR count). The quantitative estimate of drug-likeness (QED) is 0.554. The largest absolute Gasteiger partial charge is 0.507 e. The van der Waals surface area contributed by atoms with E-state index in [0.29, 0.717) is 5.56 Å². The van der Waals surface area contributed by atoms with Crippen molar-refractivity contribution in [3.05, 3.63) is 29.3 Å². The molecule has 0 radical (unpaired) electrons. The van der Waals surface area contributed by atoms with Gasteiger partial charge in [0, 0.05) is 5.88 Å². The lowest BCUT2D eigenvalue weighted by atomic mass is 9.99. The van der Waals surface area contributed by atoms with E-state index in [4.69, 9.17) is 11.6 Å². The van der Waals surface area contributed by atoms with Crippen molar-refractivity contribution < 1.29 is 20.1 Å². The third-order valence-electron chi connectivity index (χ3n) is 2.51. The molecule has 0 bridgehead atoms. The van der Waals surface area contributed by atoms with Crippen molar-refractivity contribution in [2.45, 2.75) is 25.6 Å². The molecule has 0 aliphatic heterocycles. The Hall–Kier alpha value is -1.10. The topological polar surface area (TPSA) is 77.8 Å². The van der Waals surface area contributed by atoms with Gasteiger partial charge in [-0.1, -0.05) is 6.07 Å². The number of aliphatic hydroxyl groups excluding tert-OH is 2. The van der Waals surface area contributed by atoms with Gasteiger partial charge in [0.2, 0.25) is 0 Å². The minimum Gasteiger partial charge on any atom is -0.507 e. The third kappa shape index (κ3) is 3.43. The van der Waals surface area contributed by atoms with Gasteiger partial charge in [0.25, 0.3) is 0 Å². The van der Waals surface area contributed by atoms with Crippen LogP contribution < -0.4 is 0 Å². The van der Waals surface area contributed by atoms with Gasteiger partial charge in [0.05, 0.1) is 11.7 Å². The van der Waals surface area contributed by atoms with Crippen molar-refractivity contribution in [2.75, 3.05) is 5.88 Å². The predicted molar refractivity (Wildman–Crippen MR) is 64.4 cm³/mol. The second kappa shape index (κ2) is 6.00. The molecular formula is C12H15ClO4. The number of ketones is 1. The highest BCUT2D eigenvalue weighted by Crippen LogP contribution is 2.25. The Bertz CT molecular complexity index is 405. The number of benzene rings is 1. The lowest BCUT2D eigenvalue weighted by molar-refractivity contribution is 0.0169. The van der Waals surface area contributed by atoms with Crippen molar-refractivity contribution >= 4 is 17.4 Å². The first-order valence-electron chi connectivity index (χ1n) is 5.23. The maximum atomic E-state index is 11.2. The van der Waals surface area contributed by atoms with E-state index in [0.717, 1.165) is 0 Å². The number of Topliss-reactive ketones (excluding diaryl/α,β-unsaturated/α-hetero) is 1. The second-order valence-electron chi connectivity index (χ2n) is 3.82. The number of phenolic OH excluding ortho intramolecular Hbond substituents is 1. The summed E-state index contributed by atoms with van der Waals surface area (Å²) >= 11 is 5.47. The number of aliphatic hydroxyl groups is 2. The Morgan fingerprint density at radius 1 is 1.41 bits per heavy atom. The number of phenols is 1. The first-order chi connectivity index (χ1) is 7.97. The number of rotatable bonds is 5. The Kier molecular flexibility index (Phi) is 4.93. The van der Waals surface area contributed by atoms with Crippen molar-refractivity contribution in [1.82, 2.24) is 0 Å². The molecule has 2 unspecified atom stereocenters. The van der Waals surface area contributed by atoms with Crippen molar-refractivity contribution in [3.8, 4) is 5.75 Å². The van der Waals surface area contributed by atoms with Gasteiger partial charge in [-0.25, -0.2) is 0 Å². The number of carbonyl (C=O) groups excluding carboxylic acids is 1. The summed E-state index contributed by atoms with van der Waals surface area (Å²) in [4.78, 5) is 11.2. The standard InChI is InChI=1S/C12H15ClO4/c1-7(14)9-6-8(2-3-10(9)15)12(17)11(16)4-5-13/h2-3,6,11-12,15-17H,4-5H2,1H3. The maximum Gasteiger partial charge on any atom is 0.163 e. The van der Waals surface area contributed by atoms with E-state index < -0.39 is 12.2 Å². The molecule has 3 N–H and O–H groups in total. The highest BCUT2D eigenvalue weighted by atomic mass is 35.5. The van der Waals surface area contributed by atoms with Crippen LogP contribution >= 0.6 is 11.6 Å². The predicted octanol–water partition coefficient (Wildman–Crippen LogP) is 1.62. The van der Waals surface area contributed by atoms with Crippen LogP contribution in [0, 0.1) is 0 Å². The summed E-state index contributed by atoms with van der Waals surface area (Å²) in [6, 6.07) is 4.16. The van der Waals surface area contributed by atoms with Crippen LogP contribution in [0.4, 0.5) is 0 Å². The van der Waals surface area contributed by atoms with Crippen molar-refractivity contribution in [2.24, 2.45) is 0 Å². The van der Waals surface area contributed by atoms with Crippen LogP contribution in [0.25, 0.3) is 0 Å². The first-order valence-corrected chi connectivity index (χ1v) is 5.76. The summed E-state index contributed by atoms with van der Waals surface area (Å²) in [5.74, 6) is -0.209. The van der Waals surface area contributed by atoms with Gasteiger partial charge in [0.1, 0.15) is 11.9 Å². The average molecular weight is 259 g/mol. The van der Waals surface area contributed by atoms with Crippen LogP contribution in [0.15, 0.2) is 18.2 Å². The fourth-order valence-electron chi connectivity index (χ4n) is 1.51. The monoisotopic (exact) mass is 258 g/mol. The summed E-state index contributed by atoms with van der Waals surface area (Å²) in [5.41, 5.74) is 0.505. The number of aromatic hydroxyl groups is 1. The highest BCUT2D eigenvalue weighted by molar-refractivity contribution is 6.17. The van der Waals surface area contributed by atoms with E-state index in [1.165, 1.54) is 25.1 Å². The molecule has 0 spiro atoms. The Labute approximate surface area is 104 Å². The van der Waals surface area contributed by atoms with Crippen LogP contribution in [0.1, 0.15) is 35.4 Å². The summed E-state index contributed by atoms with van der Waals surface area (Å²) < 4.78 is 0. The van der Waals surface area contributed by atoms with E-state index in [2.05, 4.69) is 0 Å². The third-order valence-corrected chi connectivity index (χ3v) is 2.73. The van der Waals surface area contributed by atoms with Crippen molar-refractivity contribution in [1.29, 1.82) is 0 Å². The molecule has 17 heavy (non-hydrogen) atoms. The molecule has 5 heteroatoms. The lowest BCUT2D eigenvalue weighted by Crippen LogP contribution is -2.19. The Balaban J connectivity index is 2.99. The number of carbonyl (C=O) groups is 1. The molecule has 0 aromatic heterocycles. The molecule has 2 atom stereocenters. The van der Waals surface area contributed by atoms with Crippen LogP contribution in [-0.2, 0) is 0 Å². The van der Waals surface area contributed by atoms with Crippen LogP contribution in [-0.4, -0.2) is 33.1 Å². The number of hydrogen-bond acceptors (Lipinski definition) is 4. The molecule has 0 aliphatic rings. The normalized spacial score (nSPS) is 14.4. The minimum atomic E-state index is -1.12. The Morgan fingerprint density at radius 2 is 2.06 bits per heavy atom.